The predicted molar refractivity (Wildman–Crippen MR) is 81.7 cm³/mol. The molecule has 0 N–H and O–H groups in total. The van der Waals surface area contributed by atoms with Gasteiger partial charge in [0.2, 0.25) is 0 Å². The van der Waals surface area contributed by atoms with Gasteiger partial charge in [0.15, 0.2) is 0 Å². The number of rotatable bonds is 2. The summed E-state index contributed by atoms with van der Waals surface area (Å²) in [4.78, 5) is 0. The molecule has 0 spiro atoms. The van der Waals surface area contributed by atoms with Crippen molar-refractivity contribution in [3.8, 4) is 11.1 Å². The number of benzene rings is 2. The molecule has 0 saturated carbocycles. The van der Waals surface area contributed by atoms with Crippen molar-refractivity contribution in [2.24, 2.45) is 0 Å². The maximum Gasteiger partial charge on any atom is 0 e. The van der Waals surface area contributed by atoms with Gasteiger partial charge in [0.25, 0.3) is 0 Å². The van der Waals surface area contributed by atoms with E-state index in [9.17, 15) is 0 Å². The van der Waals surface area contributed by atoms with Gasteiger partial charge in [-0.2, -0.15) is 29.3 Å². The van der Waals surface area contributed by atoms with Crippen LogP contribution >= 0.6 is 0 Å². The first-order valence-electron chi connectivity index (χ1n) is 7.24. The maximum absolute atomic E-state index is 3.49. The van der Waals surface area contributed by atoms with E-state index in [1.807, 2.05) is 0 Å². The topological polar surface area (TPSA) is 0 Å². The van der Waals surface area contributed by atoms with Crippen LogP contribution in [-0.4, -0.2) is 0 Å². The van der Waals surface area contributed by atoms with Crippen molar-refractivity contribution in [3.63, 3.8) is 0 Å². The Balaban J connectivity index is 0.00000147. The second kappa shape index (κ2) is 5.88. The Morgan fingerprint density at radius 2 is 1.55 bits per heavy atom. The molecule has 0 bridgehead atoms. The smallest absolute Gasteiger partial charge is 0 e. The fourth-order valence-corrected chi connectivity index (χ4v) is 2.81. The van der Waals surface area contributed by atoms with Gasteiger partial charge < -0.3 is 0 Å². The van der Waals surface area contributed by atoms with Crippen molar-refractivity contribution in [1.29, 1.82) is 0 Å². The molecule has 0 fully saturated rings. The van der Waals surface area contributed by atoms with Crippen molar-refractivity contribution in [3.05, 3.63) is 58.7 Å². The summed E-state index contributed by atoms with van der Waals surface area (Å²) >= 11 is 0. The minimum atomic E-state index is 0. The van der Waals surface area contributed by atoms with Crippen LogP contribution in [0.5, 0.6) is 0 Å². The van der Waals surface area contributed by atoms with Crippen LogP contribution in [0.3, 0.4) is 0 Å². The van der Waals surface area contributed by atoms with E-state index in [0.29, 0.717) is 11.8 Å². The quantitative estimate of drug-likeness (QED) is 0.444. The molecule has 0 amide bonds. The van der Waals surface area contributed by atoms with Gasteiger partial charge in [0, 0.05) is 21.7 Å². The normalized spacial score (nSPS) is 12.3. The SMILES string of the molecule is CC(C)c1c[c-]c2c(c1)-c1cc(C(C)C)ccc1C2.[Ti]. The molecule has 2 aromatic rings. The third kappa shape index (κ3) is 2.64. The first-order valence-corrected chi connectivity index (χ1v) is 7.24. The molecule has 0 radical (unpaired) electrons. The molecule has 2 aromatic carbocycles. The molecule has 0 aromatic heterocycles. The summed E-state index contributed by atoms with van der Waals surface area (Å²) in [6, 6.07) is 15.0. The number of fused-ring (bicyclic) bond motifs is 3. The van der Waals surface area contributed by atoms with E-state index in [1.54, 1.807) is 0 Å². The van der Waals surface area contributed by atoms with Crippen molar-refractivity contribution >= 4 is 0 Å². The zero-order valence-corrected chi connectivity index (χ0v) is 14.3. The molecule has 0 aliphatic heterocycles. The summed E-state index contributed by atoms with van der Waals surface area (Å²) in [6.07, 6.45) is 1.04. The zero-order chi connectivity index (χ0) is 13.6. The summed E-state index contributed by atoms with van der Waals surface area (Å²) < 4.78 is 0. The van der Waals surface area contributed by atoms with E-state index in [2.05, 4.69) is 64.1 Å². The molecule has 1 aliphatic rings. The van der Waals surface area contributed by atoms with Crippen molar-refractivity contribution < 1.29 is 21.7 Å². The standard InChI is InChI=1S/C19H21.Ti/c1-12(2)14-5-7-16-9-17-8-6-15(13(3)4)11-19(17)18(16)10-14;/h5-7,10-13H,9H2,1-4H3;/q-1;. The summed E-state index contributed by atoms with van der Waals surface area (Å²) in [5, 5.41) is 0. The van der Waals surface area contributed by atoms with Crippen molar-refractivity contribution in [2.75, 3.05) is 0 Å². The summed E-state index contributed by atoms with van der Waals surface area (Å²) in [7, 11) is 0. The molecular weight excluding hydrogens is 276 g/mol. The molecule has 20 heavy (non-hydrogen) atoms. The molecular formula is C19H21Ti-. The molecule has 102 valence electrons. The number of hydrogen-bond donors (Lipinski definition) is 0. The summed E-state index contributed by atoms with van der Waals surface area (Å²) in [6.45, 7) is 9.01. The van der Waals surface area contributed by atoms with Crippen LogP contribution in [0.1, 0.15) is 61.8 Å². The van der Waals surface area contributed by atoms with E-state index in [0.717, 1.165) is 6.42 Å². The zero-order valence-electron chi connectivity index (χ0n) is 12.7. The van der Waals surface area contributed by atoms with Crippen LogP contribution < -0.4 is 0 Å². The average Bonchev–Trinajstić information content (AvgIpc) is 2.75. The number of hydrogen-bond acceptors (Lipinski definition) is 0. The van der Waals surface area contributed by atoms with Crippen molar-refractivity contribution in [1.82, 2.24) is 0 Å². The van der Waals surface area contributed by atoms with E-state index >= 15 is 0 Å². The van der Waals surface area contributed by atoms with Gasteiger partial charge in [-0.15, -0.1) is 5.56 Å². The second-order valence-electron chi connectivity index (χ2n) is 6.23. The van der Waals surface area contributed by atoms with Gasteiger partial charge in [-0.3, -0.25) is 0 Å². The third-order valence-corrected chi connectivity index (χ3v) is 4.17. The average molecular weight is 297 g/mol. The Kier molecular flexibility index (Phi) is 4.57. The molecule has 3 rings (SSSR count). The minimum Gasteiger partial charge on any atom is -0.179 e. The van der Waals surface area contributed by atoms with Crippen LogP contribution in [0.15, 0.2) is 30.3 Å². The van der Waals surface area contributed by atoms with E-state index in [-0.39, 0.29) is 21.7 Å². The first-order chi connectivity index (χ1) is 9.06. The molecule has 1 aliphatic carbocycles. The van der Waals surface area contributed by atoms with Crippen LogP contribution in [-0.2, 0) is 28.1 Å². The molecule has 0 heterocycles. The third-order valence-electron chi connectivity index (χ3n) is 4.17. The Morgan fingerprint density at radius 1 is 0.900 bits per heavy atom. The summed E-state index contributed by atoms with van der Waals surface area (Å²) in [5.74, 6) is 1.16. The van der Waals surface area contributed by atoms with E-state index in [1.165, 1.54) is 33.4 Å². The Labute approximate surface area is 137 Å². The van der Waals surface area contributed by atoms with Crippen LogP contribution in [0.4, 0.5) is 0 Å². The van der Waals surface area contributed by atoms with E-state index < -0.39 is 0 Å². The maximum atomic E-state index is 3.49. The minimum absolute atomic E-state index is 0. The van der Waals surface area contributed by atoms with Crippen LogP contribution in [0.25, 0.3) is 11.1 Å². The van der Waals surface area contributed by atoms with Gasteiger partial charge in [0.05, 0.1) is 0 Å². The second-order valence-corrected chi connectivity index (χ2v) is 6.23. The molecule has 0 saturated heterocycles. The molecule has 0 unspecified atom stereocenters. The van der Waals surface area contributed by atoms with Crippen molar-refractivity contribution in [2.45, 2.75) is 46.0 Å². The molecule has 0 nitrogen and oxygen atoms in total. The van der Waals surface area contributed by atoms with Gasteiger partial charge in [-0.25, -0.2) is 0 Å². The Bertz CT molecular complexity index is 568. The molecule has 1 heteroatoms. The predicted octanol–water partition coefficient (Wildman–Crippen LogP) is 5.30. The van der Waals surface area contributed by atoms with Gasteiger partial charge in [-0.1, -0.05) is 62.9 Å². The Morgan fingerprint density at radius 3 is 2.20 bits per heavy atom. The fourth-order valence-electron chi connectivity index (χ4n) is 2.81. The molecule has 0 atom stereocenters. The van der Waals surface area contributed by atoms with Gasteiger partial charge >= 0.3 is 0 Å². The largest absolute Gasteiger partial charge is 0.179 e. The van der Waals surface area contributed by atoms with Gasteiger partial charge in [-0.05, 0) is 17.9 Å². The van der Waals surface area contributed by atoms with E-state index in [4.69, 9.17) is 0 Å². The monoisotopic (exact) mass is 297 g/mol. The van der Waals surface area contributed by atoms with Gasteiger partial charge in [0.1, 0.15) is 0 Å². The summed E-state index contributed by atoms with van der Waals surface area (Å²) in [5.41, 5.74) is 8.48. The first kappa shape index (κ1) is 15.5. The van der Waals surface area contributed by atoms with Crippen LogP contribution in [0.2, 0.25) is 0 Å². The fraction of sp³-hybridized carbons (Fsp3) is 0.368. The Hall–Kier alpha value is -0.846. The van der Waals surface area contributed by atoms with Crippen LogP contribution in [0, 0.1) is 6.07 Å².